The van der Waals surface area contributed by atoms with Gasteiger partial charge in [-0.2, -0.15) is 9.78 Å². The van der Waals surface area contributed by atoms with Crippen molar-refractivity contribution in [2.45, 2.75) is 20.4 Å². The van der Waals surface area contributed by atoms with Crippen molar-refractivity contribution in [2.24, 2.45) is 0 Å². The lowest BCUT2D eigenvalue weighted by atomic mass is 10.2. The number of aryl methyl sites for hydroxylation is 2. The van der Waals surface area contributed by atoms with Gasteiger partial charge in [0.05, 0.1) is 12.2 Å². The number of nitrogens with zero attached hydrogens (tertiary/aromatic N) is 3. The highest BCUT2D eigenvalue weighted by Gasteiger charge is 2.11. The molecule has 1 aromatic heterocycles. The summed E-state index contributed by atoms with van der Waals surface area (Å²) in [4.78, 5) is 12.5. The van der Waals surface area contributed by atoms with E-state index in [1.165, 1.54) is 4.68 Å². The highest BCUT2D eigenvalue weighted by molar-refractivity contribution is 6.30. The lowest BCUT2D eigenvalue weighted by molar-refractivity contribution is 0.295. The van der Waals surface area contributed by atoms with E-state index in [2.05, 4.69) is 5.10 Å². The molecule has 0 bridgehead atoms. The summed E-state index contributed by atoms with van der Waals surface area (Å²) in [6.07, 6.45) is 0. The van der Waals surface area contributed by atoms with Gasteiger partial charge in [-0.25, -0.2) is 4.79 Å². The fraction of sp³-hybridized carbons (Fsp3) is 0.222. The van der Waals surface area contributed by atoms with Gasteiger partial charge < -0.3 is 4.74 Å². The van der Waals surface area contributed by atoms with E-state index in [0.717, 1.165) is 11.3 Å². The summed E-state index contributed by atoms with van der Waals surface area (Å²) in [5.74, 6) is 1.44. The highest BCUT2D eigenvalue weighted by atomic mass is 35.5. The van der Waals surface area contributed by atoms with Crippen LogP contribution < -0.4 is 10.4 Å². The number of hydrogen-bond donors (Lipinski definition) is 0. The number of ether oxygens (including phenoxy) is 1. The van der Waals surface area contributed by atoms with E-state index >= 15 is 0 Å². The van der Waals surface area contributed by atoms with Crippen molar-refractivity contribution >= 4 is 11.6 Å². The van der Waals surface area contributed by atoms with Gasteiger partial charge in [-0.15, -0.1) is 0 Å². The third-order valence-corrected chi connectivity index (χ3v) is 3.94. The van der Waals surface area contributed by atoms with Crippen LogP contribution in [0.5, 0.6) is 5.75 Å². The third-order valence-electron chi connectivity index (χ3n) is 3.69. The average Bonchev–Trinajstić information content (AvgIpc) is 2.84. The number of hydrogen-bond acceptors (Lipinski definition) is 3. The van der Waals surface area contributed by atoms with E-state index in [1.807, 2.05) is 31.2 Å². The van der Waals surface area contributed by atoms with Crippen LogP contribution in [-0.2, 0) is 6.54 Å². The van der Waals surface area contributed by atoms with Crippen molar-refractivity contribution in [3.05, 3.63) is 75.4 Å². The summed E-state index contributed by atoms with van der Waals surface area (Å²) in [6, 6.07) is 14.8. The number of rotatable bonds is 5. The molecule has 0 spiro atoms. The maximum atomic E-state index is 12.5. The molecule has 0 fully saturated rings. The standard InChI is InChI=1S/C18H18ClN3O2/c1-13-4-3-5-17(12-13)24-11-10-21-14(2)20-22(18(21)23)16-8-6-15(19)7-9-16/h3-9,12H,10-11H2,1-2H3. The van der Waals surface area contributed by atoms with Gasteiger partial charge in [0.15, 0.2) is 0 Å². The second kappa shape index (κ2) is 6.93. The normalized spacial score (nSPS) is 10.8. The molecule has 0 saturated heterocycles. The summed E-state index contributed by atoms with van der Waals surface area (Å²) in [5.41, 5.74) is 1.63. The monoisotopic (exact) mass is 343 g/mol. The SMILES string of the molecule is Cc1cccc(OCCn2c(C)nn(-c3ccc(Cl)cc3)c2=O)c1. The van der Waals surface area contributed by atoms with Crippen molar-refractivity contribution in [1.29, 1.82) is 0 Å². The fourth-order valence-electron chi connectivity index (χ4n) is 2.46. The van der Waals surface area contributed by atoms with Gasteiger partial charge in [0.2, 0.25) is 0 Å². The van der Waals surface area contributed by atoms with Crippen molar-refractivity contribution < 1.29 is 4.74 Å². The van der Waals surface area contributed by atoms with Gasteiger partial charge in [0.1, 0.15) is 18.2 Å². The van der Waals surface area contributed by atoms with E-state index in [0.29, 0.717) is 29.7 Å². The van der Waals surface area contributed by atoms with E-state index in [1.54, 1.807) is 35.8 Å². The molecule has 0 unspecified atom stereocenters. The Labute approximate surface area is 145 Å². The number of halogens is 1. The highest BCUT2D eigenvalue weighted by Crippen LogP contribution is 2.13. The predicted molar refractivity (Wildman–Crippen MR) is 94.2 cm³/mol. The molecule has 0 saturated carbocycles. The van der Waals surface area contributed by atoms with Crippen molar-refractivity contribution in [3.63, 3.8) is 0 Å². The van der Waals surface area contributed by atoms with Crippen LogP contribution in [0, 0.1) is 13.8 Å². The van der Waals surface area contributed by atoms with Gasteiger partial charge in [-0.1, -0.05) is 23.7 Å². The molecule has 2 aromatic carbocycles. The zero-order chi connectivity index (χ0) is 17.1. The lowest BCUT2D eigenvalue weighted by Crippen LogP contribution is -2.26. The Kier molecular flexibility index (Phi) is 4.71. The molecule has 0 N–H and O–H groups in total. The summed E-state index contributed by atoms with van der Waals surface area (Å²) in [5, 5.41) is 4.94. The molecule has 6 heteroatoms. The largest absolute Gasteiger partial charge is 0.492 e. The maximum Gasteiger partial charge on any atom is 0.350 e. The van der Waals surface area contributed by atoms with Crippen LogP contribution in [0.15, 0.2) is 53.3 Å². The molecule has 24 heavy (non-hydrogen) atoms. The second-order valence-electron chi connectivity index (χ2n) is 5.53. The van der Waals surface area contributed by atoms with E-state index in [-0.39, 0.29) is 5.69 Å². The first-order chi connectivity index (χ1) is 11.5. The summed E-state index contributed by atoms with van der Waals surface area (Å²) < 4.78 is 8.69. The van der Waals surface area contributed by atoms with E-state index < -0.39 is 0 Å². The Morgan fingerprint density at radius 1 is 1.12 bits per heavy atom. The first-order valence-corrected chi connectivity index (χ1v) is 8.04. The van der Waals surface area contributed by atoms with Crippen LogP contribution in [0.2, 0.25) is 5.02 Å². The summed E-state index contributed by atoms with van der Waals surface area (Å²) in [7, 11) is 0. The van der Waals surface area contributed by atoms with Crippen LogP contribution in [0.4, 0.5) is 0 Å². The van der Waals surface area contributed by atoms with Crippen molar-refractivity contribution in [3.8, 4) is 11.4 Å². The van der Waals surface area contributed by atoms with Crippen LogP contribution in [0.1, 0.15) is 11.4 Å². The molecule has 3 aromatic rings. The molecule has 0 atom stereocenters. The van der Waals surface area contributed by atoms with Gasteiger partial charge in [-0.05, 0) is 55.8 Å². The molecule has 0 amide bonds. The Morgan fingerprint density at radius 3 is 2.58 bits per heavy atom. The van der Waals surface area contributed by atoms with Gasteiger partial charge in [0.25, 0.3) is 0 Å². The zero-order valence-corrected chi connectivity index (χ0v) is 14.3. The van der Waals surface area contributed by atoms with E-state index in [4.69, 9.17) is 16.3 Å². The van der Waals surface area contributed by atoms with Gasteiger partial charge in [-0.3, -0.25) is 4.57 Å². The zero-order valence-electron chi connectivity index (χ0n) is 13.6. The van der Waals surface area contributed by atoms with Crippen molar-refractivity contribution in [1.82, 2.24) is 14.3 Å². The van der Waals surface area contributed by atoms with Crippen LogP contribution in [0.25, 0.3) is 5.69 Å². The minimum absolute atomic E-state index is 0.192. The van der Waals surface area contributed by atoms with Gasteiger partial charge >= 0.3 is 5.69 Å². The van der Waals surface area contributed by atoms with E-state index in [9.17, 15) is 4.79 Å². The Morgan fingerprint density at radius 2 is 1.88 bits per heavy atom. The molecular formula is C18H18ClN3O2. The fourth-order valence-corrected chi connectivity index (χ4v) is 2.59. The Bertz CT molecular complexity index is 897. The first-order valence-electron chi connectivity index (χ1n) is 7.66. The molecule has 0 radical (unpaired) electrons. The number of benzene rings is 2. The minimum Gasteiger partial charge on any atom is -0.492 e. The topological polar surface area (TPSA) is 49.0 Å². The molecule has 0 aliphatic carbocycles. The molecular weight excluding hydrogens is 326 g/mol. The Hall–Kier alpha value is -2.53. The lowest BCUT2D eigenvalue weighted by Gasteiger charge is -2.07. The Balaban J connectivity index is 1.75. The van der Waals surface area contributed by atoms with Crippen LogP contribution in [-0.4, -0.2) is 21.0 Å². The second-order valence-corrected chi connectivity index (χ2v) is 5.97. The van der Waals surface area contributed by atoms with Gasteiger partial charge in [0, 0.05) is 5.02 Å². The smallest absolute Gasteiger partial charge is 0.350 e. The summed E-state index contributed by atoms with van der Waals surface area (Å²) in [6.45, 7) is 4.65. The molecule has 0 aliphatic rings. The average molecular weight is 344 g/mol. The predicted octanol–water partition coefficient (Wildman–Crippen LogP) is 3.38. The molecule has 1 heterocycles. The molecule has 3 rings (SSSR count). The minimum atomic E-state index is -0.192. The third kappa shape index (κ3) is 3.51. The first kappa shape index (κ1) is 16.3. The molecule has 0 aliphatic heterocycles. The van der Waals surface area contributed by atoms with Crippen molar-refractivity contribution in [2.75, 3.05) is 6.61 Å². The molecule has 5 nitrogen and oxygen atoms in total. The summed E-state index contributed by atoms with van der Waals surface area (Å²) >= 11 is 5.88. The molecule has 124 valence electrons. The number of aromatic nitrogens is 3. The van der Waals surface area contributed by atoms with Crippen LogP contribution >= 0.6 is 11.6 Å². The maximum absolute atomic E-state index is 12.5. The van der Waals surface area contributed by atoms with Crippen LogP contribution in [0.3, 0.4) is 0 Å². The quantitative estimate of drug-likeness (QED) is 0.713.